The lowest BCUT2D eigenvalue weighted by Crippen LogP contribution is -2.26. The van der Waals surface area contributed by atoms with Crippen molar-refractivity contribution in [1.82, 2.24) is 0 Å². The predicted octanol–water partition coefficient (Wildman–Crippen LogP) is 4.26. The Kier molecular flexibility index (Phi) is 5.47. The van der Waals surface area contributed by atoms with Gasteiger partial charge >= 0.3 is 0 Å². The van der Waals surface area contributed by atoms with Crippen molar-refractivity contribution in [2.75, 3.05) is 13.2 Å². The molecule has 1 saturated carbocycles. The highest BCUT2D eigenvalue weighted by Gasteiger charge is 2.28. The summed E-state index contributed by atoms with van der Waals surface area (Å²) >= 11 is 0. The molecular formula is C18H29NO. The SMILES string of the molecule is CCOc1ccc(C)cc1C(CN)C1CCC(C)CC1. The molecule has 2 heteroatoms. The number of aryl methyl sites for hydroxylation is 1. The van der Waals surface area contributed by atoms with E-state index in [2.05, 4.69) is 32.0 Å². The van der Waals surface area contributed by atoms with Crippen molar-refractivity contribution in [3.63, 3.8) is 0 Å². The molecule has 0 aliphatic heterocycles. The molecule has 1 unspecified atom stereocenters. The fourth-order valence-corrected chi connectivity index (χ4v) is 3.51. The van der Waals surface area contributed by atoms with Crippen LogP contribution in [0, 0.1) is 18.8 Å². The maximum Gasteiger partial charge on any atom is 0.122 e. The Morgan fingerprint density at radius 1 is 1.25 bits per heavy atom. The van der Waals surface area contributed by atoms with E-state index in [9.17, 15) is 0 Å². The van der Waals surface area contributed by atoms with E-state index in [1.54, 1.807) is 0 Å². The molecule has 1 atom stereocenters. The van der Waals surface area contributed by atoms with Gasteiger partial charge in [0.1, 0.15) is 5.75 Å². The van der Waals surface area contributed by atoms with Gasteiger partial charge in [-0.3, -0.25) is 0 Å². The van der Waals surface area contributed by atoms with Gasteiger partial charge < -0.3 is 10.5 Å². The van der Waals surface area contributed by atoms with Crippen LogP contribution in [0.4, 0.5) is 0 Å². The molecule has 1 fully saturated rings. The van der Waals surface area contributed by atoms with Gasteiger partial charge in [0, 0.05) is 5.92 Å². The van der Waals surface area contributed by atoms with Gasteiger partial charge in [-0.25, -0.2) is 0 Å². The van der Waals surface area contributed by atoms with E-state index in [0.29, 0.717) is 5.92 Å². The Balaban J connectivity index is 2.23. The van der Waals surface area contributed by atoms with E-state index in [4.69, 9.17) is 10.5 Å². The van der Waals surface area contributed by atoms with Crippen LogP contribution in [-0.2, 0) is 0 Å². The van der Waals surface area contributed by atoms with E-state index >= 15 is 0 Å². The summed E-state index contributed by atoms with van der Waals surface area (Å²) in [6.07, 6.45) is 5.30. The molecule has 0 spiro atoms. The molecule has 1 aromatic rings. The first-order valence-electron chi connectivity index (χ1n) is 8.09. The maximum absolute atomic E-state index is 6.13. The average molecular weight is 275 g/mol. The zero-order chi connectivity index (χ0) is 14.5. The molecule has 0 saturated heterocycles. The zero-order valence-electron chi connectivity index (χ0n) is 13.2. The quantitative estimate of drug-likeness (QED) is 0.871. The van der Waals surface area contributed by atoms with Crippen LogP contribution in [0.15, 0.2) is 18.2 Å². The van der Waals surface area contributed by atoms with Crippen molar-refractivity contribution in [2.24, 2.45) is 17.6 Å². The van der Waals surface area contributed by atoms with Gasteiger partial charge in [-0.1, -0.05) is 37.5 Å². The highest BCUT2D eigenvalue weighted by atomic mass is 16.5. The molecule has 112 valence electrons. The average Bonchev–Trinajstić information content (AvgIpc) is 2.45. The van der Waals surface area contributed by atoms with Crippen LogP contribution >= 0.6 is 0 Å². The van der Waals surface area contributed by atoms with E-state index in [-0.39, 0.29) is 0 Å². The molecule has 20 heavy (non-hydrogen) atoms. The van der Waals surface area contributed by atoms with Crippen molar-refractivity contribution in [2.45, 2.75) is 52.4 Å². The molecule has 0 bridgehead atoms. The third-order valence-electron chi connectivity index (χ3n) is 4.75. The molecule has 0 heterocycles. The van der Waals surface area contributed by atoms with Crippen molar-refractivity contribution >= 4 is 0 Å². The number of ether oxygens (including phenoxy) is 1. The summed E-state index contributed by atoms with van der Waals surface area (Å²) in [6.45, 7) is 8.00. The van der Waals surface area contributed by atoms with E-state index in [1.165, 1.54) is 36.8 Å². The summed E-state index contributed by atoms with van der Waals surface area (Å²) in [5.41, 5.74) is 8.75. The molecule has 0 amide bonds. The van der Waals surface area contributed by atoms with Gasteiger partial charge in [0.05, 0.1) is 6.61 Å². The van der Waals surface area contributed by atoms with Gasteiger partial charge in [-0.2, -0.15) is 0 Å². The molecule has 0 aromatic heterocycles. The zero-order valence-corrected chi connectivity index (χ0v) is 13.2. The van der Waals surface area contributed by atoms with Crippen LogP contribution < -0.4 is 10.5 Å². The fourth-order valence-electron chi connectivity index (χ4n) is 3.51. The second kappa shape index (κ2) is 7.12. The highest BCUT2D eigenvalue weighted by molar-refractivity contribution is 5.40. The van der Waals surface area contributed by atoms with Gasteiger partial charge in [-0.05, 0) is 56.7 Å². The standard InChI is InChI=1S/C18H29NO/c1-4-20-18-10-7-14(3)11-16(18)17(12-19)15-8-5-13(2)6-9-15/h7,10-11,13,15,17H,4-6,8-9,12,19H2,1-3H3. The number of hydrogen-bond acceptors (Lipinski definition) is 2. The van der Waals surface area contributed by atoms with Crippen LogP contribution in [0.3, 0.4) is 0 Å². The Morgan fingerprint density at radius 3 is 2.55 bits per heavy atom. The minimum absolute atomic E-state index is 0.448. The smallest absolute Gasteiger partial charge is 0.122 e. The Morgan fingerprint density at radius 2 is 1.95 bits per heavy atom. The summed E-state index contributed by atoms with van der Waals surface area (Å²) < 4.78 is 5.83. The number of benzene rings is 1. The summed E-state index contributed by atoms with van der Waals surface area (Å²) in [5.74, 6) is 3.09. The second-order valence-corrected chi connectivity index (χ2v) is 6.34. The van der Waals surface area contributed by atoms with Crippen LogP contribution in [0.5, 0.6) is 5.75 Å². The van der Waals surface area contributed by atoms with Crippen LogP contribution in [-0.4, -0.2) is 13.2 Å². The molecule has 1 aliphatic rings. The summed E-state index contributed by atoms with van der Waals surface area (Å²) in [6, 6.07) is 6.52. The summed E-state index contributed by atoms with van der Waals surface area (Å²) in [5, 5.41) is 0. The largest absolute Gasteiger partial charge is 0.494 e. The minimum atomic E-state index is 0.448. The molecular weight excluding hydrogens is 246 g/mol. The van der Waals surface area contributed by atoms with E-state index in [0.717, 1.165) is 30.7 Å². The first-order chi connectivity index (χ1) is 9.65. The Hall–Kier alpha value is -1.02. The molecule has 2 N–H and O–H groups in total. The van der Waals surface area contributed by atoms with Crippen LogP contribution in [0.2, 0.25) is 0 Å². The molecule has 2 rings (SSSR count). The van der Waals surface area contributed by atoms with Gasteiger partial charge in [0.25, 0.3) is 0 Å². The van der Waals surface area contributed by atoms with Crippen LogP contribution in [0.25, 0.3) is 0 Å². The van der Waals surface area contributed by atoms with Gasteiger partial charge in [0.2, 0.25) is 0 Å². The second-order valence-electron chi connectivity index (χ2n) is 6.34. The number of nitrogens with two attached hydrogens (primary N) is 1. The minimum Gasteiger partial charge on any atom is -0.494 e. The van der Waals surface area contributed by atoms with Crippen molar-refractivity contribution in [1.29, 1.82) is 0 Å². The lowest BCUT2D eigenvalue weighted by molar-refractivity contribution is 0.250. The molecule has 1 aromatic carbocycles. The van der Waals surface area contributed by atoms with Gasteiger partial charge in [0.15, 0.2) is 0 Å². The Bertz CT molecular complexity index is 421. The number of rotatable bonds is 5. The van der Waals surface area contributed by atoms with Gasteiger partial charge in [-0.15, -0.1) is 0 Å². The number of hydrogen-bond donors (Lipinski definition) is 1. The molecule has 0 radical (unpaired) electrons. The molecule has 1 aliphatic carbocycles. The Labute approximate surface area is 123 Å². The van der Waals surface area contributed by atoms with Crippen molar-refractivity contribution in [3.05, 3.63) is 29.3 Å². The summed E-state index contributed by atoms with van der Waals surface area (Å²) in [4.78, 5) is 0. The fraction of sp³-hybridized carbons (Fsp3) is 0.667. The van der Waals surface area contributed by atoms with Crippen molar-refractivity contribution < 1.29 is 4.74 Å². The molecule has 2 nitrogen and oxygen atoms in total. The lowest BCUT2D eigenvalue weighted by Gasteiger charge is -2.33. The topological polar surface area (TPSA) is 35.2 Å². The normalized spacial score (nSPS) is 24.4. The highest BCUT2D eigenvalue weighted by Crippen LogP contribution is 2.40. The van der Waals surface area contributed by atoms with E-state index < -0.39 is 0 Å². The summed E-state index contributed by atoms with van der Waals surface area (Å²) in [7, 11) is 0. The first kappa shape index (κ1) is 15.4. The van der Waals surface area contributed by atoms with Crippen LogP contribution in [0.1, 0.15) is 56.6 Å². The maximum atomic E-state index is 6.13. The predicted molar refractivity (Wildman–Crippen MR) is 85.3 cm³/mol. The first-order valence-corrected chi connectivity index (χ1v) is 8.09. The van der Waals surface area contributed by atoms with Crippen molar-refractivity contribution in [3.8, 4) is 5.75 Å². The third-order valence-corrected chi connectivity index (χ3v) is 4.75. The third kappa shape index (κ3) is 3.54. The lowest BCUT2D eigenvalue weighted by atomic mass is 9.73. The van der Waals surface area contributed by atoms with E-state index in [1.807, 2.05) is 6.92 Å². The monoisotopic (exact) mass is 275 g/mol.